The molecule has 0 aromatic carbocycles. The van der Waals surface area contributed by atoms with Gasteiger partial charge in [0.15, 0.2) is 17.5 Å². The van der Waals surface area contributed by atoms with E-state index in [1.54, 1.807) is 0 Å². The number of rotatable bonds is 9. The summed E-state index contributed by atoms with van der Waals surface area (Å²) in [4.78, 5) is 52.4. The largest absolute Gasteiger partial charge is 0.477 e. The fourth-order valence-corrected chi connectivity index (χ4v) is 6.50. The van der Waals surface area contributed by atoms with E-state index in [0.717, 1.165) is 32.7 Å². The third kappa shape index (κ3) is 5.25. The summed E-state index contributed by atoms with van der Waals surface area (Å²) < 4.78 is 1.13. The third-order valence-corrected chi connectivity index (χ3v) is 8.25. The fourth-order valence-electron chi connectivity index (χ4n) is 3.52. The zero-order chi connectivity index (χ0) is 27.6. The maximum absolute atomic E-state index is 13.0. The molecular formula is C20H21N10O5S3+. The Morgan fingerprint density at radius 1 is 1.39 bits per heavy atom. The molecule has 18 heteroatoms. The number of anilines is 3. The van der Waals surface area contributed by atoms with Crippen LogP contribution in [-0.4, -0.2) is 73.0 Å². The zero-order valence-electron chi connectivity index (χ0n) is 19.4. The number of carbonyl (C=O) groups excluding carboxylic acids is 2. The first kappa shape index (κ1) is 26.8. The number of amides is 2. The number of terminal acetylenes is 1. The van der Waals surface area contributed by atoms with Crippen molar-refractivity contribution in [2.24, 2.45) is 5.16 Å². The highest BCUT2D eigenvalue weighted by Crippen LogP contribution is 2.41. The monoisotopic (exact) mass is 577 g/mol. The molecule has 2 atom stereocenters. The van der Waals surface area contributed by atoms with Gasteiger partial charge in [-0.25, -0.2) is 9.78 Å². The predicted octanol–water partition coefficient (Wildman–Crippen LogP) is -1.83. The predicted molar refractivity (Wildman–Crippen MR) is 142 cm³/mol. The number of aliphatic carboxylic acids is 1. The number of nitrogens with one attached hydrogen (secondary N) is 1. The van der Waals surface area contributed by atoms with Gasteiger partial charge in [0.2, 0.25) is 11.6 Å². The molecule has 4 rings (SSSR count). The van der Waals surface area contributed by atoms with Gasteiger partial charge in [0.05, 0.1) is 6.07 Å². The highest BCUT2D eigenvalue weighted by molar-refractivity contribution is 8.01. The molecule has 4 heterocycles. The van der Waals surface area contributed by atoms with Crippen molar-refractivity contribution in [1.82, 2.24) is 20.2 Å². The van der Waals surface area contributed by atoms with Gasteiger partial charge < -0.3 is 32.5 Å². The number of carbonyl (C=O) groups is 3. The van der Waals surface area contributed by atoms with E-state index >= 15 is 0 Å². The van der Waals surface area contributed by atoms with Gasteiger partial charge in [0.1, 0.15) is 22.8 Å². The number of carboxylic acid groups (broad SMARTS) is 1. The van der Waals surface area contributed by atoms with Crippen molar-refractivity contribution in [1.29, 1.82) is 0 Å². The van der Waals surface area contributed by atoms with Crippen LogP contribution < -0.4 is 33.0 Å². The number of thioether (sulfide) groups is 2. The normalized spacial score (nSPS) is 18.9. The number of thiazole rings is 1. The average Bonchev–Trinajstić information content (AvgIpc) is 3.31. The highest BCUT2D eigenvalue weighted by Gasteiger charge is 2.54. The number of aromatic nitrogens is 3. The van der Waals surface area contributed by atoms with Gasteiger partial charge in [-0.2, -0.15) is 0 Å². The van der Waals surface area contributed by atoms with Crippen LogP contribution in [0.1, 0.15) is 5.69 Å². The number of nitrogen functional groups attached to an aromatic ring is 4. The Kier molecular flexibility index (Phi) is 7.80. The first-order valence-corrected chi connectivity index (χ1v) is 13.4. The molecule has 0 saturated carbocycles. The number of fused-ring (bicyclic) bond motifs is 1. The minimum atomic E-state index is -1.28. The van der Waals surface area contributed by atoms with Gasteiger partial charge in [-0.15, -0.1) is 34.2 Å². The van der Waals surface area contributed by atoms with Gasteiger partial charge in [-0.3, -0.25) is 20.3 Å². The van der Waals surface area contributed by atoms with Crippen molar-refractivity contribution in [2.75, 3.05) is 41.2 Å². The lowest BCUT2D eigenvalue weighted by Gasteiger charge is -2.49. The Morgan fingerprint density at radius 3 is 2.82 bits per heavy atom. The number of nitrogens with zero attached hydrogens (tertiary/aromatic N) is 5. The van der Waals surface area contributed by atoms with Gasteiger partial charge in [-0.1, -0.05) is 16.1 Å². The van der Waals surface area contributed by atoms with E-state index in [4.69, 9.17) is 34.3 Å². The van der Waals surface area contributed by atoms with E-state index in [-0.39, 0.29) is 57.1 Å². The molecule has 198 valence electrons. The number of hydrogen-bond acceptors (Lipinski definition) is 14. The maximum atomic E-state index is 13.0. The van der Waals surface area contributed by atoms with Crippen molar-refractivity contribution in [3.05, 3.63) is 28.4 Å². The summed E-state index contributed by atoms with van der Waals surface area (Å²) >= 11 is 3.50. The Hall–Kier alpha value is -4.21. The topological polar surface area (TPSA) is 242 Å². The second-order valence-corrected chi connectivity index (χ2v) is 10.6. The van der Waals surface area contributed by atoms with Crippen LogP contribution in [-0.2, 0) is 19.2 Å². The lowest BCUT2D eigenvalue weighted by molar-refractivity contribution is -0.667. The summed E-state index contributed by atoms with van der Waals surface area (Å²) in [5, 5.41) is 17.5. The molecule has 2 aliphatic rings. The second-order valence-electron chi connectivity index (χ2n) is 7.65. The number of β-lactam (4-membered cyclic amide) rings is 1. The highest BCUT2D eigenvalue weighted by atomic mass is 32.2. The Balaban J connectivity index is 1.51. The van der Waals surface area contributed by atoms with Gasteiger partial charge >= 0.3 is 11.1 Å². The standard InChI is InChI=1S/C20H20N10O5S3/c1-2-3-35-28-12(9-7-37-19(23)25-9)15(31)27-13-16(32)29-14(18(33)34)8(5-36-17(13)29)6-38-20-26-10(21)4-11(22)30(20)24/h1,4,7,13,17H,3,5-6,24H2,(H7,21,22,23,25,27,31,33,34)/p+1/b28-12-/t13?,17-/m1/s1. The molecule has 2 aromatic heterocycles. The van der Waals surface area contributed by atoms with Gasteiger partial charge in [-0.05, 0) is 17.3 Å². The maximum Gasteiger partial charge on any atom is 0.352 e. The molecule has 2 aromatic rings. The van der Waals surface area contributed by atoms with Crippen LogP contribution in [0.25, 0.3) is 0 Å². The summed E-state index contributed by atoms with van der Waals surface area (Å²) in [5.41, 5.74) is 17.4. The van der Waals surface area contributed by atoms with Crippen LogP contribution >= 0.6 is 34.9 Å². The molecule has 2 aliphatic heterocycles. The van der Waals surface area contributed by atoms with Crippen LogP contribution in [0.15, 0.2) is 33.0 Å². The van der Waals surface area contributed by atoms with Gasteiger partial charge in [0, 0.05) is 16.9 Å². The van der Waals surface area contributed by atoms with E-state index in [9.17, 15) is 19.5 Å². The summed E-state index contributed by atoms with van der Waals surface area (Å²) in [7, 11) is 0. The molecule has 1 fully saturated rings. The van der Waals surface area contributed by atoms with Crippen molar-refractivity contribution in [3.63, 3.8) is 0 Å². The number of carboxylic acids is 1. The van der Waals surface area contributed by atoms with Crippen molar-refractivity contribution in [3.8, 4) is 12.3 Å². The lowest BCUT2D eigenvalue weighted by atomic mass is 10.0. The molecule has 0 aliphatic carbocycles. The van der Waals surface area contributed by atoms with Crippen molar-refractivity contribution in [2.45, 2.75) is 16.6 Å². The second kappa shape index (κ2) is 11.0. The summed E-state index contributed by atoms with van der Waals surface area (Å²) in [6.07, 6.45) is 5.15. The first-order chi connectivity index (χ1) is 18.1. The Morgan fingerprint density at radius 2 is 2.16 bits per heavy atom. The minimum absolute atomic E-state index is 0.139. The van der Waals surface area contributed by atoms with Crippen molar-refractivity contribution < 1.29 is 29.0 Å². The smallest absolute Gasteiger partial charge is 0.352 e. The third-order valence-electron chi connectivity index (χ3n) is 5.20. The Bertz CT molecular complexity index is 1420. The molecule has 10 N–H and O–H groups in total. The molecule has 2 amide bonds. The van der Waals surface area contributed by atoms with Crippen LogP contribution in [0.2, 0.25) is 0 Å². The summed E-state index contributed by atoms with van der Waals surface area (Å²) in [5.74, 6) is 6.22. The minimum Gasteiger partial charge on any atom is -0.477 e. The molecule has 15 nitrogen and oxygen atoms in total. The first-order valence-electron chi connectivity index (χ1n) is 10.5. The lowest BCUT2D eigenvalue weighted by Crippen LogP contribution is -2.71. The SMILES string of the molecule is C#CCO/N=C(\C(=O)NC1C(=O)N2C(C(=O)O)=C(CSc3nc(N)cc(N)[n+]3N)CS[C@H]12)c1csc(N)n1. The molecule has 0 spiro atoms. The number of nitrogens with two attached hydrogens (primary N) is 4. The van der Waals surface area contributed by atoms with Crippen LogP contribution in [0.3, 0.4) is 0 Å². The zero-order valence-corrected chi connectivity index (χ0v) is 21.8. The van der Waals surface area contributed by atoms with Crippen LogP contribution in [0.4, 0.5) is 16.8 Å². The Labute approximate surface area is 227 Å². The van der Waals surface area contributed by atoms with E-state index < -0.39 is 29.2 Å². The summed E-state index contributed by atoms with van der Waals surface area (Å²) in [6.45, 7) is -0.194. The van der Waals surface area contributed by atoms with Crippen LogP contribution in [0, 0.1) is 12.3 Å². The quantitative estimate of drug-likeness (QED) is 0.0221. The fraction of sp³-hybridized carbons (Fsp3) is 0.250. The van der Waals surface area contributed by atoms with E-state index in [1.165, 1.54) is 23.2 Å². The summed E-state index contributed by atoms with van der Waals surface area (Å²) in [6, 6.07) is 0.382. The average molecular weight is 578 g/mol. The van der Waals surface area contributed by atoms with E-state index in [2.05, 4.69) is 26.4 Å². The number of hydrogen-bond donors (Lipinski definition) is 6. The molecular weight excluding hydrogens is 556 g/mol. The molecule has 0 radical (unpaired) electrons. The van der Waals surface area contributed by atoms with Crippen LogP contribution in [0.5, 0.6) is 0 Å². The molecule has 0 bridgehead atoms. The van der Waals surface area contributed by atoms with Gasteiger partial charge in [0.25, 0.3) is 11.8 Å². The molecule has 38 heavy (non-hydrogen) atoms. The number of oxime groups is 1. The van der Waals surface area contributed by atoms with E-state index in [1.807, 2.05) is 0 Å². The van der Waals surface area contributed by atoms with E-state index in [0.29, 0.717) is 5.57 Å². The van der Waals surface area contributed by atoms with Crippen molar-refractivity contribution >= 4 is 75.1 Å². The molecule has 1 saturated heterocycles. The molecule has 1 unspecified atom stereocenters.